The monoisotopic (exact) mass is 403 g/mol. The van der Waals surface area contributed by atoms with E-state index in [-0.39, 0.29) is 5.91 Å². The van der Waals surface area contributed by atoms with Crippen molar-refractivity contribution in [2.45, 2.75) is 49.1 Å². The lowest BCUT2D eigenvalue weighted by molar-refractivity contribution is -0.116. The number of thioether (sulfide) groups is 1. The summed E-state index contributed by atoms with van der Waals surface area (Å²) < 4.78 is 0.771. The third-order valence-corrected chi connectivity index (χ3v) is 6.02. The molecule has 0 aliphatic rings. The third kappa shape index (κ3) is 6.24. The summed E-state index contributed by atoms with van der Waals surface area (Å²) in [6.45, 7) is 2.15. The van der Waals surface area contributed by atoms with Crippen LogP contribution >= 0.6 is 46.3 Å². The molecule has 0 fully saturated rings. The van der Waals surface area contributed by atoms with Crippen LogP contribution < -0.4 is 5.32 Å². The average Bonchev–Trinajstić information content (AvgIpc) is 2.98. The van der Waals surface area contributed by atoms with Gasteiger partial charge in [-0.2, -0.15) is 0 Å². The zero-order valence-corrected chi connectivity index (χ0v) is 16.5. The number of carbonyl (C=O) groups excluding carboxylic acids is 1. The fourth-order valence-corrected chi connectivity index (χ4v) is 4.53. The van der Waals surface area contributed by atoms with Gasteiger partial charge in [0.15, 0.2) is 4.34 Å². The fourth-order valence-electron chi connectivity index (χ4n) is 2.02. The van der Waals surface area contributed by atoms with Crippen molar-refractivity contribution in [1.29, 1.82) is 0 Å². The van der Waals surface area contributed by atoms with E-state index in [0.29, 0.717) is 27.4 Å². The Bertz CT molecular complexity index is 659. The molecule has 4 nitrogen and oxygen atoms in total. The minimum absolute atomic E-state index is 0.00653. The van der Waals surface area contributed by atoms with Crippen LogP contribution in [0.3, 0.4) is 0 Å². The van der Waals surface area contributed by atoms with E-state index < -0.39 is 0 Å². The molecule has 2 aromatic rings. The molecule has 0 aliphatic carbocycles. The van der Waals surface area contributed by atoms with E-state index in [0.717, 1.165) is 35.6 Å². The summed E-state index contributed by atoms with van der Waals surface area (Å²) in [5, 5.41) is 12.7. The molecule has 0 unspecified atom stereocenters. The lowest BCUT2D eigenvalue weighted by Crippen LogP contribution is -2.10. The van der Waals surface area contributed by atoms with E-state index in [4.69, 9.17) is 23.2 Å². The summed E-state index contributed by atoms with van der Waals surface area (Å²) in [6.07, 6.45) is 4.84. The van der Waals surface area contributed by atoms with E-state index in [2.05, 4.69) is 22.4 Å². The molecule has 130 valence electrons. The Labute approximate surface area is 160 Å². The van der Waals surface area contributed by atoms with Crippen LogP contribution in [0.25, 0.3) is 0 Å². The van der Waals surface area contributed by atoms with Crippen molar-refractivity contribution >= 4 is 57.3 Å². The molecular weight excluding hydrogens is 385 g/mol. The maximum Gasteiger partial charge on any atom is 0.226 e. The summed E-state index contributed by atoms with van der Waals surface area (Å²) in [5.74, 6) is 0.603. The number of benzene rings is 1. The van der Waals surface area contributed by atoms with Gasteiger partial charge in [-0.15, -0.1) is 10.2 Å². The quantitative estimate of drug-likeness (QED) is 0.314. The molecule has 1 heterocycles. The van der Waals surface area contributed by atoms with Gasteiger partial charge < -0.3 is 5.32 Å². The number of carbonyl (C=O) groups is 1. The summed E-state index contributed by atoms with van der Waals surface area (Å²) in [6, 6.07) is 5.44. The molecule has 1 aromatic heterocycles. The predicted molar refractivity (Wildman–Crippen MR) is 103 cm³/mol. The summed E-state index contributed by atoms with van der Waals surface area (Å²) in [4.78, 5) is 11.8. The molecule has 0 radical (unpaired) electrons. The van der Waals surface area contributed by atoms with E-state index in [1.165, 1.54) is 23.1 Å². The Morgan fingerprint density at radius 1 is 1.21 bits per heavy atom. The molecule has 8 heteroatoms. The zero-order chi connectivity index (χ0) is 17.4. The maximum absolute atomic E-state index is 11.8. The molecule has 0 bridgehead atoms. The fraction of sp³-hybridized carbons (Fsp3) is 0.438. The number of aromatic nitrogens is 2. The van der Waals surface area contributed by atoms with Crippen LogP contribution in [0.5, 0.6) is 0 Å². The lowest BCUT2D eigenvalue weighted by atomic mass is 10.1. The van der Waals surface area contributed by atoms with Gasteiger partial charge in [0.05, 0.1) is 0 Å². The van der Waals surface area contributed by atoms with Gasteiger partial charge in [-0.25, -0.2) is 0 Å². The Hall–Kier alpha value is -0.820. The van der Waals surface area contributed by atoms with Gasteiger partial charge in [0, 0.05) is 22.2 Å². The average molecular weight is 404 g/mol. The first-order valence-electron chi connectivity index (χ1n) is 7.79. The topological polar surface area (TPSA) is 54.9 Å². The van der Waals surface area contributed by atoms with Crippen LogP contribution in [-0.4, -0.2) is 16.1 Å². The van der Waals surface area contributed by atoms with Crippen molar-refractivity contribution in [3.05, 3.63) is 33.8 Å². The Balaban J connectivity index is 1.81. The molecule has 0 aliphatic heterocycles. The number of nitrogens with one attached hydrogen (secondary N) is 1. The highest BCUT2D eigenvalue weighted by Gasteiger charge is 2.11. The van der Waals surface area contributed by atoms with E-state index in [9.17, 15) is 4.79 Å². The minimum Gasteiger partial charge on any atom is -0.301 e. The van der Waals surface area contributed by atoms with Gasteiger partial charge in [0.1, 0.15) is 0 Å². The van der Waals surface area contributed by atoms with Gasteiger partial charge in [0.25, 0.3) is 0 Å². The Kier molecular flexibility index (Phi) is 8.32. The third-order valence-electron chi connectivity index (χ3n) is 3.31. The summed E-state index contributed by atoms with van der Waals surface area (Å²) >= 11 is 15.2. The number of hydrogen-bond acceptors (Lipinski definition) is 5. The summed E-state index contributed by atoms with van der Waals surface area (Å²) in [7, 11) is 0. The Morgan fingerprint density at radius 3 is 2.67 bits per heavy atom. The van der Waals surface area contributed by atoms with Crippen molar-refractivity contribution < 1.29 is 4.79 Å². The molecule has 0 spiro atoms. The molecule has 24 heavy (non-hydrogen) atoms. The van der Waals surface area contributed by atoms with Gasteiger partial charge in [0.2, 0.25) is 11.0 Å². The standard InChI is InChI=1S/C16H19Cl2N3OS2/c1-2-3-4-5-9-14(22)19-15-20-21-16(24-15)23-10-11-12(17)7-6-8-13(11)18/h6-8H,2-5,9-10H2,1H3,(H,19,20,22). The maximum atomic E-state index is 11.8. The van der Waals surface area contributed by atoms with Crippen LogP contribution in [0, 0.1) is 0 Å². The van der Waals surface area contributed by atoms with Crippen LogP contribution in [0.2, 0.25) is 10.0 Å². The molecule has 0 atom stereocenters. The number of unbranched alkanes of at least 4 members (excludes halogenated alkanes) is 3. The van der Waals surface area contributed by atoms with Gasteiger partial charge in [-0.1, -0.05) is 78.6 Å². The number of hydrogen-bond donors (Lipinski definition) is 1. The van der Waals surface area contributed by atoms with Crippen molar-refractivity contribution in [2.24, 2.45) is 0 Å². The van der Waals surface area contributed by atoms with Crippen LogP contribution in [0.4, 0.5) is 5.13 Å². The second-order valence-electron chi connectivity index (χ2n) is 5.22. The van der Waals surface area contributed by atoms with Crippen molar-refractivity contribution in [1.82, 2.24) is 10.2 Å². The van der Waals surface area contributed by atoms with Crippen LogP contribution in [0.15, 0.2) is 22.5 Å². The molecule has 0 saturated carbocycles. The molecule has 2 rings (SSSR count). The van der Waals surface area contributed by atoms with Gasteiger partial charge in [-0.05, 0) is 24.1 Å². The molecule has 1 aromatic carbocycles. The molecular formula is C16H19Cl2N3OS2. The zero-order valence-electron chi connectivity index (χ0n) is 13.3. The largest absolute Gasteiger partial charge is 0.301 e. The second kappa shape index (κ2) is 10.2. The molecule has 0 saturated heterocycles. The summed E-state index contributed by atoms with van der Waals surface area (Å²) in [5.41, 5.74) is 0.877. The van der Waals surface area contributed by atoms with Crippen molar-refractivity contribution in [3.63, 3.8) is 0 Å². The number of amides is 1. The normalized spacial score (nSPS) is 10.8. The van der Waals surface area contributed by atoms with Gasteiger partial charge in [-0.3, -0.25) is 4.79 Å². The second-order valence-corrected chi connectivity index (χ2v) is 8.24. The first-order chi connectivity index (χ1) is 11.6. The number of halogens is 2. The highest BCUT2D eigenvalue weighted by molar-refractivity contribution is 8.00. The molecule has 1 N–H and O–H groups in total. The predicted octanol–water partition coefficient (Wildman–Crippen LogP) is 6.05. The van der Waals surface area contributed by atoms with E-state index >= 15 is 0 Å². The van der Waals surface area contributed by atoms with Crippen molar-refractivity contribution in [2.75, 3.05) is 5.32 Å². The smallest absolute Gasteiger partial charge is 0.226 e. The first-order valence-corrected chi connectivity index (χ1v) is 10.3. The van der Waals surface area contributed by atoms with Crippen LogP contribution in [0.1, 0.15) is 44.6 Å². The number of nitrogens with zero attached hydrogens (tertiary/aromatic N) is 2. The van der Waals surface area contributed by atoms with Crippen molar-refractivity contribution in [3.8, 4) is 0 Å². The minimum atomic E-state index is -0.00653. The lowest BCUT2D eigenvalue weighted by Gasteiger charge is -2.04. The Morgan fingerprint density at radius 2 is 1.96 bits per heavy atom. The number of anilines is 1. The SMILES string of the molecule is CCCCCCC(=O)Nc1nnc(SCc2c(Cl)cccc2Cl)s1. The number of rotatable bonds is 9. The first kappa shape index (κ1) is 19.5. The van der Waals surface area contributed by atoms with E-state index in [1.807, 2.05) is 18.2 Å². The molecule has 1 amide bonds. The highest BCUT2D eigenvalue weighted by Crippen LogP contribution is 2.33. The highest BCUT2D eigenvalue weighted by atomic mass is 35.5. The van der Waals surface area contributed by atoms with E-state index in [1.54, 1.807) is 0 Å². The van der Waals surface area contributed by atoms with Gasteiger partial charge >= 0.3 is 0 Å². The van der Waals surface area contributed by atoms with Crippen LogP contribution in [-0.2, 0) is 10.5 Å².